The fraction of sp³-hybridized carbons (Fsp3) is 0.900. The average molecular weight is 200 g/mol. The summed E-state index contributed by atoms with van der Waals surface area (Å²) in [5.41, 5.74) is 5.69. The number of hydrogen-bond donors (Lipinski definition) is 2. The number of rotatable bonds is 4. The van der Waals surface area contributed by atoms with Crippen molar-refractivity contribution in [1.82, 2.24) is 4.90 Å². The third-order valence-corrected chi connectivity index (χ3v) is 3.12. The van der Waals surface area contributed by atoms with Gasteiger partial charge >= 0.3 is 5.97 Å². The molecular weight excluding hydrogens is 180 g/mol. The van der Waals surface area contributed by atoms with E-state index in [1.54, 1.807) is 0 Å². The van der Waals surface area contributed by atoms with Crippen LogP contribution in [0.4, 0.5) is 0 Å². The molecule has 1 rings (SSSR count). The van der Waals surface area contributed by atoms with E-state index >= 15 is 0 Å². The normalized spacial score (nSPS) is 27.9. The van der Waals surface area contributed by atoms with E-state index in [0.29, 0.717) is 18.5 Å². The van der Waals surface area contributed by atoms with Gasteiger partial charge in [-0.25, -0.2) is 0 Å². The minimum Gasteiger partial charge on any atom is -0.480 e. The average Bonchev–Trinajstić information content (AvgIpc) is 2.16. The lowest BCUT2D eigenvalue weighted by molar-refractivity contribution is -0.138. The van der Waals surface area contributed by atoms with Gasteiger partial charge in [0.1, 0.15) is 0 Å². The van der Waals surface area contributed by atoms with Crippen LogP contribution in [0.3, 0.4) is 0 Å². The Kier molecular flexibility index (Phi) is 4.35. The van der Waals surface area contributed by atoms with E-state index in [9.17, 15) is 4.79 Å². The Labute approximate surface area is 85.1 Å². The molecule has 0 amide bonds. The maximum atomic E-state index is 10.6. The molecular formula is C10H20N2O2. The van der Waals surface area contributed by atoms with Crippen molar-refractivity contribution in [3.63, 3.8) is 0 Å². The zero-order chi connectivity index (χ0) is 10.6. The Bertz CT molecular complexity index is 197. The molecule has 82 valence electrons. The van der Waals surface area contributed by atoms with Crippen LogP contribution >= 0.6 is 0 Å². The molecule has 0 spiro atoms. The van der Waals surface area contributed by atoms with Crippen molar-refractivity contribution in [1.29, 1.82) is 0 Å². The van der Waals surface area contributed by atoms with Gasteiger partial charge in [-0.05, 0) is 32.4 Å². The van der Waals surface area contributed by atoms with Gasteiger partial charge in [-0.3, -0.25) is 9.69 Å². The van der Waals surface area contributed by atoms with Crippen molar-refractivity contribution < 1.29 is 9.90 Å². The molecule has 2 unspecified atom stereocenters. The summed E-state index contributed by atoms with van der Waals surface area (Å²) in [5.74, 6) is -0.276. The summed E-state index contributed by atoms with van der Waals surface area (Å²) in [7, 11) is 1.88. The van der Waals surface area contributed by atoms with E-state index < -0.39 is 5.97 Å². The highest BCUT2D eigenvalue weighted by atomic mass is 16.4. The maximum Gasteiger partial charge on any atom is 0.317 e. The first-order valence-corrected chi connectivity index (χ1v) is 5.27. The fourth-order valence-electron chi connectivity index (χ4n) is 2.37. The Morgan fingerprint density at radius 1 is 1.50 bits per heavy atom. The first kappa shape index (κ1) is 11.5. The Morgan fingerprint density at radius 2 is 2.14 bits per heavy atom. The van der Waals surface area contributed by atoms with Gasteiger partial charge in [0.15, 0.2) is 0 Å². The van der Waals surface area contributed by atoms with Gasteiger partial charge in [0, 0.05) is 6.04 Å². The summed E-state index contributed by atoms with van der Waals surface area (Å²) in [6, 6.07) is 0.366. The number of carboxylic acids is 1. The SMILES string of the molecule is CN(CC(=O)O)C1CCCCC1CN. The van der Waals surface area contributed by atoms with Crippen molar-refractivity contribution in [3.8, 4) is 0 Å². The molecule has 4 nitrogen and oxygen atoms in total. The standard InChI is InChI=1S/C10H20N2O2/c1-12(7-10(13)14)9-5-3-2-4-8(9)6-11/h8-9H,2-7,11H2,1H3,(H,13,14). The maximum absolute atomic E-state index is 10.6. The first-order chi connectivity index (χ1) is 6.65. The smallest absolute Gasteiger partial charge is 0.317 e. The quantitative estimate of drug-likeness (QED) is 0.694. The first-order valence-electron chi connectivity index (χ1n) is 5.27. The van der Waals surface area contributed by atoms with Gasteiger partial charge in [-0.15, -0.1) is 0 Å². The second kappa shape index (κ2) is 5.32. The number of aliphatic carboxylic acids is 1. The fourth-order valence-corrected chi connectivity index (χ4v) is 2.37. The van der Waals surface area contributed by atoms with Crippen LogP contribution in [-0.2, 0) is 4.79 Å². The van der Waals surface area contributed by atoms with E-state index in [2.05, 4.69) is 0 Å². The summed E-state index contributed by atoms with van der Waals surface area (Å²) < 4.78 is 0. The lowest BCUT2D eigenvalue weighted by atomic mass is 9.84. The molecule has 0 aromatic rings. The van der Waals surface area contributed by atoms with Gasteiger partial charge in [-0.2, -0.15) is 0 Å². The molecule has 0 aromatic carbocycles. The Hall–Kier alpha value is -0.610. The monoisotopic (exact) mass is 200 g/mol. The predicted molar refractivity (Wildman–Crippen MR) is 55.1 cm³/mol. The molecule has 0 aromatic heterocycles. The van der Waals surface area contributed by atoms with Crippen molar-refractivity contribution in [2.24, 2.45) is 11.7 Å². The summed E-state index contributed by atoms with van der Waals surface area (Å²) in [4.78, 5) is 12.5. The predicted octanol–water partition coefficient (Wildman–Crippen LogP) is 0.520. The lowest BCUT2D eigenvalue weighted by Gasteiger charge is -2.36. The van der Waals surface area contributed by atoms with Crippen LogP contribution in [0.25, 0.3) is 0 Å². The molecule has 1 saturated carbocycles. The van der Waals surface area contributed by atoms with E-state index in [4.69, 9.17) is 10.8 Å². The van der Waals surface area contributed by atoms with Crippen LogP contribution in [-0.4, -0.2) is 42.2 Å². The molecule has 3 N–H and O–H groups in total. The zero-order valence-electron chi connectivity index (χ0n) is 8.78. The second-order valence-corrected chi connectivity index (χ2v) is 4.16. The van der Waals surface area contributed by atoms with Crippen LogP contribution in [0.2, 0.25) is 0 Å². The number of carbonyl (C=O) groups is 1. The zero-order valence-corrected chi connectivity index (χ0v) is 8.78. The highest BCUT2D eigenvalue weighted by Crippen LogP contribution is 2.26. The van der Waals surface area contributed by atoms with Crippen LogP contribution < -0.4 is 5.73 Å². The number of carboxylic acid groups (broad SMARTS) is 1. The van der Waals surface area contributed by atoms with Gasteiger partial charge in [0.05, 0.1) is 6.54 Å². The molecule has 4 heteroatoms. The highest BCUT2D eigenvalue weighted by molar-refractivity contribution is 5.69. The molecule has 1 fully saturated rings. The molecule has 1 aliphatic rings. The van der Waals surface area contributed by atoms with Crippen LogP contribution in [0.5, 0.6) is 0 Å². The van der Waals surface area contributed by atoms with Crippen LogP contribution in [0, 0.1) is 5.92 Å². The van der Waals surface area contributed by atoms with Crippen molar-refractivity contribution in [2.45, 2.75) is 31.7 Å². The molecule has 14 heavy (non-hydrogen) atoms. The number of nitrogens with zero attached hydrogens (tertiary/aromatic N) is 1. The third kappa shape index (κ3) is 2.96. The van der Waals surface area contributed by atoms with E-state index in [1.165, 1.54) is 12.8 Å². The van der Waals surface area contributed by atoms with Gasteiger partial charge in [0.25, 0.3) is 0 Å². The largest absolute Gasteiger partial charge is 0.480 e. The minimum atomic E-state index is -0.756. The van der Waals surface area contributed by atoms with Crippen LogP contribution in [0.15, 0.2) is 0 Å². The summed E-state index contributed by atoms with van der Waals surface area (Å²) in [6.07, 6.45) is 4.67. The van der Waals surface area contributed by atoms with E-state index in [0.717, 1.165) is 12.8 Å². The molecule has 2 atom stereocenters. The molecule has 0 radical (unpaired) electrons. The summed E-state index contributed by atoms with van der Waals surface area (Å²) >= 11 is 0. The van der Waals surface area contributed by atoms with E-state index in [1.807, 2.05) is 11.9 Å². The Morgan fingerprint density at radius 3 is 2.71 bits per heavy atom. The molecule has 0 bridgehead atoms. The summed E-state index contributed by atoms with van der Waals surface area (Å²) in [5, 5.41) is 8.70. The van der Waals surface area contributed by atoms with E-state index in [-0.39, 0.29) is 6.54 Å². The molecule has 0 saturated heterocycles. The summed E-state index contributed by atoms with van der Waals surface area (Å²) in [6.45, 7) is 0.801. The topological polar surface area (TPSA) is 66.6 Å². The number of nitrogens with two attached hydrogens (primary N) is 1. The van der Waals surface area contributed by atoms with Crippen LogP contribution in [0.1, 0.15) is 25.7 Å². The van der Waals surface area contributed by atoms with Crippen molar-refractivity contribution in [2.75, 3.05) is 20.1 Å². The molecule has 0 aliphatic heterocycles. The van der Waals surface area contributed by atoms with Crippen molar-refractivity contribution >= 4 is 5.97 Å². The van der Waals surface area contributed by atoms with Gasteiger partial charge in [-0.1, -0.05) is 12.8 Å². The Balaban J connectivity index is 2.49. The molecule has 0 heterocycles. The van der Waals surface area contributed by atoms with Crippen molar-refractivity contribution in [3.05, 3.63) is 0 Å². The second-order valence-electron chi connectivity index (χ2n) is 4.16. The molecule has 1 aliphatic carbocycles. The number of likely N-dealkylation sites (N-methyl/N-ethyl adjacent to an activating group) is 1. The minimum absolute atomic E-state index is 0.126. The van der Waals surface area contributed by atoms with Gasteiger partial charge in [0.2, 0.25) is 0 Å². The lowest BCUT2D eigenvalue weighted by Crippen LogP contribution is -2.45. The van der Waals surface area contributed by atoms with Gasteiger partial charge < -0.3 is 10.8 Å². The third-order valence-electron chi connectivity index (χ3n) is 3.12. The highest BCUT2D eigenvalue weighted by Gasteiger charge is 2.27. The number of hydrogen-bond acceptors (Lipinski definition) is 3.